The molecule has 0 amide bonds. The van der Waals surface area contributed by atoms with E-state index in [1.165, 1.54) is 6.33 Å². The smallest absolute Gasteiger partial charge is 0.353 e. The fraction of sp³-hybridized carbons (Fsp3) is 0.407. The average Bonchev–Trinajstić information content (AvgIpc) is 2.77. The minimum absolute atomic E-state index is 0.0411. The van der Waals surface area contributed by atoms with E-state index in [4.69, 9.17) is 0 Å². The topological polar surface area (TPSA) is 96.2 Å². The van der Waals surface area contributed by atoms with E-state index < -0.39 is 0 Å². The summed E-state index contributed by atoms with van der Waals surface area (Å²) in [6, 6.07) is 19.9. The average molecular weight is 475 g/mol. The lowest BCUT2D eigenvalue weighted by Crippen LogP contribution is -2.60. The summed E-state index contributed by atoms with van der Waals surface area (Å²) < 4.78 is 0. The zero-order valence-electron chi connectivity index (χ0n) is 20.9. The molecule has 0 atom stereocenters. The summed E-state index contributed by atoms with van der Waals surface area (Å²) in [5, 5.41) is 19.5. The van der Waals surface area contributed by atoms with Crippen molar-refractivity contribution in [2.75, 3.05) is 10.2 Å². The van der Waals surface area contributed by atoms with E-state index in [1.54, 1.807) is 0 Å². The fourth-order valence-electron chi connectivity index (χ4n) is 5.31. The van der Waals surface area contributed by atoms with Crippen LogP contribution in [0.15, 0.2) is 67.0 Å². The van der Waals surface area contributed by atoms with Gasteiger partial charge in [0.05, 0.1) is 4.92 Å². The first-order valence-corrected chi connectivity index (χ1v) is 12.0. The van der Waals surface area contributed by atoms with Gasteiger partial charge in [-0.15, -0.1) is 0 Å². The second-order valence-corrected chi connectivity index (χ2v) is 10.6. The van der Waals surface area contributed by atoms with Crippen molar-refractivity contribution in [3.63, 3.8) is 0 Å². The van der Waals surface area contributed by atoms with Gasteiger partial charge in [-0.05, 0) is 51.7 Å². The number of piperidine rings is 1. The summed E-state index contributed by atoms with van der Waals surface area (Å²) in [6.45, 7) is 9.60. The van der Waals surface area contributed by atoms with Crippen LogP contribution in [-0.4, -0.2) is 32.0 Å². The van der Waals surface area contributed by atoms with Crippen LogP contribution in [0.25, 0.3) is 0 Å². The van der Waals surface area contributed by atoms with Crippen molar-refractivity contribution < 1.29 is 4.92 Å². The molecule has 35 heavy (non-hydrogen) atoms. The molecule has 1 aliphatic rings. The van der Waals surface area contributed by atoms with Gasteiger partial charge in [-0.3, -0.25) is 10.1 Å². The summed E-state index contributed by atoms with van der Waals surface area (Å²) in [6.07, 6.45) is 3.07. The van der Waals surface area contributed by atoms with Crippen LogP contribution in [0, 0.1) is 10.1 Å². The Morgan fingerprint density at radius 3 is 1.94 bits per heavy atom. The Kier molecular flexibility index (Phi) is 7.03. The van der Waals surface area contributed by atoms with E-state index in [0.29, 0.717) is 18.9 Å². The molecule has 2 aromatic carbocycles. The van der Waals surface area contributed by atoms with E-state index in [1.807, 2.05) is 65.6 Å². The largest absolute Gasteiger partial charge is 0.361 e. The number of nitrogens with one attached hydrogen (secondary N) is 2. The van der Waals surface area contributed by atoms with E-state index >= 15 is 0 Å². The zero-order valence-corrected chi connectivity index (χ0v) is 20.9. The van der Waals surface area contributed by atoms with Gasteiger partial charge in [0, 0.05) is 30.2 Å². The normalized spacial score (nSPS) is 17.0. The molecule has 0 radical (unpaired) electrons. The Hall–Kier alpha value is -3.52. The molecule has 4 rings (SSSR count). The number of rotatable bonds is 8. The maximum absolute atomic E-state index is 12.4. The molecule has 2 heterocycles. The highest BCUT2D eigenvalue weighted by atomic mass is 16.6. The standard InChI is InChI=1S/C27H34N6O2/c1-26(2)15-22(16-27(3,4)31-26)30-24-23(33(34)35)25(29-19-28-24)32(17-20-11-7-5-8-12-20)18-21-13-9-6-10-14-21/h5-14,19,22,31H,15-18H2,1-4H3,(H,28,29,30). The van der Waals surface area contributed by atoms with Crippen molar-refractivity contribution in [3.8, 4) is 0 Å². The molecule has 3 aromatic rings. The Morgan fingerprint density at radius 2 is 1.46 bits per heavy atom. The molecule has 1 fully saturated rings. The Bertz CT molecular complexity index is 1090. The first-order valence-electron chi connectivity index (χ1n) is 12.0. The highest BCUT2D eigenvalue weighted by Crippen LogP contribution is 2.36. The van der Waals surface area contributed by atoms with Crippen molar-refractivity contribution in [1.29, 1.82) is 0 Å². The molecule has 184 valence electrons. The van der Waals surface area contributed by atoms with Gasteiger partial charge in [0.15, 0.2) is 0 Å². The van der Waals surface area contributed by atoms with Gasteiger partial charge in [0.2, 0.25) is 11.6 Å². The van der Waals surface area contributed by atoms with Gasteiger partial charge in [0.1, 0.15) is 6.33 Å². The van der Waals surface area contributed by atoms with Crippen LogP contribution in [0.5, 0.6) is 0 Å². The third-order valence-electron chi connectivity index (χ3n) is 6.25. The van der Waals surface area contributed by atoms with Crippen molar-refractivity contribution in [3.05, 3.63) is 88.2 Å². The van der Waals surface area contributed by atoms with Crippen LogP contribution < -0.4 is 15.5 Å². The molecular formula is C27H34N6O2. The van der Waals surface area contributed by atoms with Crippen molar-refractivity contribution in [2.45, 2.75) is 70.7 Å². The van der Waals surface area contributed by atoms with Crippen LogP contribution in [0.4, 0.5) is 17.3 Å². The van der Waals surface area contributed by atoms with E-state index in [0.717, 1.165) is 24.0 Å². The zero-order chi connectivity index (χ0) is 25.1. The van der Waals surface area contributed by atoms with Crippen molar-refractivity contribution in [2.24, 2.45) is 0 Å². The SMILES string of the molecule is CC1(C)CC(Nc2ncnc(N(Cc3ccccc3)Cc3ccccc3)c2[N+](=O)[O-])CC(C)(C)N1. The highest BCUT2D eigenvalue weighted by Gasteiger charge is 2.39. The fourth-order valence-corrected chi connectivity index (χ4v) is 5.31. The highest BCUT2D eigenvalue weighted by molar-refractivity contribution is 5.70. The number of aromatic nitrogens is 2. The molecule has 1 aliphatic heterocycles. The van der Waals surface area contributed by atoms with Crippen LogP contribution in [0.1, 0.15) is 51.7 Å². The van der Waals surface area contributed by atoms with Crippen molar-refractivity contribution >= 4 is 17.3 Å². The molecule has 0 aliphatic carbocycles. The lowest BCUT2D eigenvalue weighted by molar-refractivity contribution is -0.383. The predicted molar refractivity (Wildman–Crippen MR) is 139 cm³/mol. The van der Waals surface area contributed by atoms with Crippen LogP contribution >= 0.6 is 0 Å². The molecule has 0 bridgehead atoms. The molecule has 8 heteroatoms. The lowest BCUT2D eigenvalue weighted by Gasteiger charge is -2.46. The first-order chi connectivity index (χ1) is 16.6. The molecule has 0 saturated carbocycles. The van der Waals surface area contributed by atoms with Crippen molar-refractivity contribution in [1.82, 2.24) is 15.3 Å². The van der Waals surface area contributed by atoms with Gasteiger partial charge in [-0.1, -0.05) is 60.7 Å². The third kappa shape index (κ3) is 6.33. The summed E-state index contributed by atoms with van der Waals surface area (Å²) in [5.74, 6) is 0.581. The molecule has 8 nitrogen and oxygen atoms in total. The monoisotopic (exact) mass is 474 g/mol. The number of hydrogen-bond donors (Lipinski definition) is 2. The lowest BCUT2D eigenvalue weighted by atomic mass is 9.79. The summed E-state index contributed by atoms with van der Waals surface area (Å²) in [4.78, 5) is 22.7. The Balaban J connectivity index is 1.71. The molecule has 0 spiro atoms. The first kappa shape index (κ1) is 24.6. The van der Waals surface area contributed by atoms with Crippen LogP contribution in [0.2, 0.25) is 0 Å². The quantitative estimate of drug-likeness (QED) is 0.337. The molecular weight excluding hydrogens is 440 g/mol. The summed E-state index contributed by atoms with van der Waals surface area (Å²) >= 11 is 0. The van der Waals surface area contributed by atoms with Gasteiger partial charge >= 0.3 is 5.69 Å². The van der Waals surface area contributed by atoms with Crippen LogP contribution in [-0.2, 0) is 13.1 Å². The second-order valence-electron chi connectivity index (χ2n) is 10.6. The van der Waals surface area contributed by atoms with Gasteiger partial charge < -0.3 is 15.5 Å². The summed E-state index contributed by atoms with van der Waals surface area (Å²) in [7, 11) is 0. The van der Waals surface area contributed by atoms with Gasteiger partial charge in [-0.2, -0.15) is 0 Å². The Morgan fingerprint density at radius 1 is 0.943 bits per heavy atom. The molecule has 0 unspecified atom stereocenters. The third-order valence-corrected chi connectivity index (χ3v) is 6.25. The number of nitro groups is 1. The van der Waals surface area contributed by atoms with E-state index in [9.17, 15) is 10.1 Å². The minimum atomic E-state index is -0.363. The molecule has 1 saturated heterocycles. The summed E-state index contributed by atoms with van der Waals surface area (Å²) in [5.41, 5.74) is 1.81. The van der Waals surface area contributed by atoms with Gasteiger partial charge in [-0.25, -0.2) is 9.97 Å². The number of hydrogen-bond acceptors (Lipinski definition) is 7. The number of nitrogens with zero attached hydrogens (tertiary/aromatic N) is 4. The Labute approximate surface area is 207 Å². The van der Waals surface area contributed by atoms with E-state index in [2.05, 4.69) is 48.3 Å². The molecule has 1 aromatic heterocycles. The number of benzene rings is 2. The number of anilines is 2. The maximum atomic E-state index is 12.4. The second kappa shape index (κ2) is 10.00. The van der Waals surface area contributed by atoms with Gasteiger partial charge in [0.25, 0.3) is 0 Å². The molecule has 2 N–H and O–H groups in total. The van der Waals surface area contributed by atoms with Crippen LogP contribution in [0.3, 0.4) is 0 Å². The predicted octanol–water partition coefficient (Wildman–Crippen LogP) is 5.31. The minimum Gasteiger partial charge on any atom is -0.361 e. The van der Waals surface area contributed by atoms with E-state index in [-0.39, 0.29) is 33.5 Å². The maximum Gasteiger partial charge on any atom is 0.353 e.